The third-order valence-corrected chi connectivity index (χ3v) is 1.86. The van der Waals surface area contributed by atoms with Crippen LogP contribution in [0.4, 0.5) is 4.39 Å². The van der Waals surface area contributed by atoms with E-state index < -0.39 is 18.7 Å². The van der Waals surface area contributed by atoms with Crippen molar-refractivity contribution in [2.45, 2.75) is 6.10 Å². The fourth-order valence-electron chi connectivity index (χ4n) is 1.05. The first-order chi connectivity index (χ1) is 6.69. The highest BCUT2D eigenvalue weighted by Crippen LogP contribution is 2.14. The minimum atomic E-state index is -1.12. The second-order valence-corrected chi connectivity index (χ2v) is 2.78. The largest absolute Gasteiger partial charge is 0.465 e. The lowest BCUT2D eigenvalue weighted by molar-refractivity contribution is 0.0600. The molecule has 1 N–H and O–H groups in total. The summed E-state index contributed by atoms with van der Waals surface area (Å²) in [5.41, 5.74) is 0.822. The van der Waals surface area contributed by atoms with Gasteiger partial charge in [0.05, 0.1) is 12.7 Å². The zero-order valence-corrected chi connectivity index (χ0v) is 7.74. The van der Waals surface area contributed by atoms with Crippen molar-refractivity contribution in [3.8, 4) is 0 Å². The second-order valence-electron chi connectivity index (χ2n) is 2.78. The molecule has 0 spiro atoms. The molecule has 0 aliphatic heterocycles. The van der Waals surface area contributed by atoms with E-state index in [0.717, 1.165) is 0 Å². The van der Waals surface area contributed by atoms with E-state index in [2.05, 4.69) is 4.74 Å². The lowest BCUT2D eigenvalue weighted by Crippen LogP contribution is -2.03. The Morgan fingerprint density at radius 1 is 1.50 bits per heavy atom. The Morgan fingerprint density at radius 3 is 2.50 bits per heavy atom. The summed E-state index contributed by atoms with van der Waals surface area (Å²) >= 11 is 0. The van der Waals surface area contributed by atoms with Gasteiger partial charge in [-0.15, -0.1) is 0 Å². The number of rotatable bonds is 3. The Hall–Kier alpha value is -1.42. The Balaban J connectivity index is 2.83. The highest BCUT2D eigenvalue weighted by molar-refractivity contribution is 5.89. The van der Waals surface area contributed by atoms with E-state index in [0.29, 0.717) is 11.1 Å². The van der Waals surface area contributed by atoms with Crippen LogP contribution in [0.3, 0.4) is 0 Å². The molecule has 0 saturated heterocycles. The fourth-order valence-corrected chi connectivity index (χ4v) is 1.05. The van der Waals surface area contributed by atoms with E-state index in [-0.39, 0.29) is 0 Å². The minimum absolute atomic E-state index is 0.377. The van der Waals surface area contributed by atoms with Crippen LogP contribution in [0.25, 0.3) is 0 Å². The maximum absolute atomic E-state index is 12.1. The predicted molar refractivity (Wildman–Crippen MR) is 48.7 cm³/mol. The highest BCUT2D eigenvalue weighted by Gasteiger charge is 2.08. The number of hydrogen-bond acceptors (Lipinski definition) is 3. The van der Waals surface area contributed by atoms with Gasteiger partial charge in [0.25, 0.3) is 0 Å². The normalized spacial score (nSPS) is 12.2. The number of aliphatic hydroxyl groups is 1. The molecule has 0 heterocycles. The van der Waals surface area contributed by atoms with Crippen molar-refractivity contribution in [1.29, 1.82) is 0 Å². The van der Waals surface area contributed by atoms with E-state index in [4.69, 9.17) is 5.11 Å². The molecule has 1 rings (SSSR count). The summed E-state index contributed by atoms with van der Waals surface area (Å²) in [4.78, 5) is 11.0. The summed E-state index contributed by atoms with van der Waals surface area (Å²) in [7, 11) is 1.28. The summed E-state index contributed by atoms with van der Waals surface area (Å²) in [5.74, 6) is -0.453. The van der Waals surface area contributed by atoms with E-state index in [1.165, 1.54) is 31.4 Å². The Kier molecular flexibility index (Phi) is 3.59. The molecule has 0 saturated carbocycles. The van der Waals surface area contributed by atoms with Crippen LogP contribution in [-0.2, 0) is 4.74 Å². The first-order valence-corrected chi connectivity index (χ1v) is 4.11. The Labute approximate surface area is 81.1 Å². The molecule has 1 aromatic carbocycles. The van der Waals surface area contributed by atoms with Gasteiger partial charge in [-0.25, -0.2) is 9.18 Å². The van der Waals surface area contributed by atoms with E-state index in [9.17, 15) is 9.18 Å². The van der Waals surface area contributed by atoms with Crippen LogP contribution in [0.2, 0.25) is 0 Å². The molecule has 1 aromatic rings. The van der Waals surface area contributed by atoms with Crippen molar-refractivity contribution in [2.24, 2.45) is 0 Å². The number of benzene rings is 1. The molecule has 0 aliphatic rings. The standard InChI is InChI=1S/C10H11FO3/c1-14-10(13)8-4-2-7(3-5-8)9(12)6-11/h2-5,9,12H,6H2,1H3. The fraction of sp³-hybridized carbons (Fsp3) is 0.300. The molecule has 0 radical (unpaired) electrons. The van der Waals surface area contributed by atoms with Crippen LogP contribution in [0.5, 0.6) is 0 Å². The van der Waals surface area contributed by atoms with Crippen LogP contribution in [0, 0.1) is 0 Å². The van der Waals surface area contributed by atoms with Crippen molar-refractivity contribution in [1.82, 2.24) is 0 Å². The average Bonchev–Trinajstić information content (AvgIpc) is 2.27. The maximum atomic E-state index is 12.1. The van der Waals surface area contributed by atoms with Crippen LogP contribution in [0.1, 0.15) is 22.0 Å². The van der Waals surface area contributed by atoms with Crippen LogP contribution >= 0.6 is 0 Å². The van der Waals surface area contributed by atoms with Gasteiger partial charge in [-0.05, 0) is 17.7 Å². The van der Waals surface area contributed by atoms with E-state index in [1.54, 1.807) is 0 Å². The molecule has 0 bridgehead atoms. The minimum Gasteiger partial charge on any atom is -0.465 e. The maximum Gasteiger partial charge on any atom is 0.337 e. The third-order valence-electron chi connectivity index (χ3n) is 1.86. The van der Waals surface area contributed by atoms with Crippen molar-refractivity contribution in [3.05, 3.63) is 35.4 Å². The number of ether oxygens (including phenoxy) is 1. The van der Waals surface area contributed by atoms with Crippen LogP contribution in [-0.4, -0.2) is 24.9 Å². The van der Waals surface area contributed by atoms with Crippen molar-refractivity contribution < 1.29 is 19.0 Å². The molecule has 3 nitrogen and oxygen atoms in total. The number of carbonyl (C=O) groups is 1. The topological polar surface area (TPSA) is 46.5 Å². The number of hydrogen-bond donors (Lipinski definition) is 1. The van der Waals surface area contributed by atoms with Gasteiger partial charge in [0.1, 0.15) is 12.8 Å². The third kappa shape index (κ3) is 2.29. The van der Waals surface area contributed by atoms with Gasteiger partial charge in [0.15, 0.2) is 0 Å². The molecule has 0 aromatic heterocycles. The monoisotopic (exact) mass is 198 g/mol. The van der Waals surface area contributed by atoms with Crippen molar-refractivity contribution in [3.63, 3.8) is 0 Å². The van der Waals surface area contributed by atoms with Gasteiger partial charge in [-0.3, -0.25) is 0 Å². The molecule has 0 aliphatic carbocycles. The van der Waals surface area contributed by atoms with Crippen LogP contribution < -0.4 is 0 Å². The first kappa shape index (κ1) is 10.7. The molecule has 1 atom stereocenters. The molecule has 0 amide bonds. The smallest absolute Gasteiger partial charge is 0.337 e. The number of aliphatic hydroxyl groups excluding tert-OH is 1. The van der Waals surface area contributed by atoms with Crippen molar-refractivity contribution in [2.75, 3.05) is 13.8 Å². The highest BCUT2D eigenvalue weighted by atomic mass is 19.1. The summed E-state index contributed by atoms with van der Waals surface area (Å²) in [6.45, 7) is -0.836. The molecular weight excluding hydrogens is 187 g/mol. The number of methoxy groups -OCH3 is 1. The van der Waals surface area contributed by atoms with Gasteiger partial charge in [-0.1, -0.05) is 12.1 Å². The van der Waals surface area contributed by atoms with Gasteiger partial charge >= 0.3 is 5.97 Å². The number of alkyl halides is 1. The molecule has 1 unspecified atom stereocenters. The van der Waals surface area contributed by atoms with Gasteiger partial charge in [0, 0.05) is 0 Å². The number of halogens is 1. The lowest BCUT2D eigenvalue weighted by Gasteiger charge is -2.06. The first-order valence-electron chi connectivity index (χ1n) is 4.11. The predicted octanol–water partition coefficient (Wildman–Crippen LogP) is 1.48. The lowest BCUT2D eigenvalue weighted by atomic mass is 10.1. The Morgan fingerprint density at radius 2 is 2.07 bits per heavy atom. The molecular formula is C10H11FO3. The summed E-state index contributed by atoms with van der Waals surface area (Å²) in [6, 6.07) is 5.97. The van der Waals surface area contributed by atoms with Gasteiger partial charge in [-0.2, -0.15) is 0 Å². The second kappa shape index (κ2) is 4.72. The summed E-state index contributed by atoms with van der Waals surface area (Å²) in [6.07, 6.45) is -1.12. The zero-order valence-electron chi connectivity index (χ0n) is 7.74. The zero-order chi connectivity index (χ0) is 10.6. The number of esters is 1. The van der Waals surface area contributed by atoms with Gasteiger partial charge in [0.2, 0.25) is 0 Å². The molecule has 0 fully saturated rings. The summed E-state index contributed by atoms with van der Waals surface area (Å²) in [5, 5.41) is 9.12. The van der Waals surface area contributed by atoms with E-state index in [1.807, 2.05) is 0 Å². The SMILES string of the molecule is COC(=O)c1ccc(C(O)CF)cc1. The number of carbonyl (C=O) groups excluding carboxylic acids is 1. The molecule has 14 heavy (non-hydrogen) atoms. The van der Waals surface area contributed by atoms with Gasteiger partial charge < -0.3 is 9.84 Å². The molecule has 4 heteroatoms. The molecule has 76 valence electrons. The average molecular weight is 198 g/mol. The van der Waals surface area contributed by atoms with Crippen molar-refractivity contribution >= 4 is 5.97 Å². The van der Waals surface area contributed by atoms with Crippen LogP contribution in [0.15, 0.2) is 24.3 Å². The Bertz CT molecular complexity index is 308. The van der Waals surface area contributed by atoms with E-state index >= 15 is 0 Å². The summed E-state index contributed by atoms with van der Waals surface area (Å²) < 4.78 is 16.5. The quantitative estimate of drug-likeness (QED) is 0.748.